The van der Waals surface area contributed by atoms with Crippen LogP contribution in [-0.2, 0) is 13.0 Å². The number of nitrogens with zero attached hydrogens (tertiary/aromatic N) is 3. The van der Waals surface area contributed by atoms with Crippen LogP contribution in [0.4, 0.5) is 0 Å². The maximum atomic E-state index is 12.2. The van der Waals surface area contributed by atoms with Crippen molar-refractivity contribution in [3.63, 3.8) is 0 Å². The van der Waals surface area contributed by atoms with E-state index in [2.05, 4.69) is 20.9 Å². The highest BCUT2D eigenvalue weighted by Gasteiger charge is 2.11. The van der Waals surface area contributed by atoms with E-state index < -0.39 is 0 Å². The third kappa shape index (κ3) is 6.11. The fourth-order valence-electron chi connectivity index (χ4n) is 3.72. The van der Waals surface area contributed by atoms with Gasteiger partial charge in [0.2, 0.25) is 0 Å². The van der Waals surface area contributed by atoms with Crippen LogP contribution in [0.1, 0.15) is 35.6 Å². The minimum absolute atomic E-state index is 0.150. The van der Waals surface area contributed by atoms with Gasteiger partial charge in [0, 0.05) is 25.7 Å². The first-order valence-corrected chi connectivity index (χ1v) is 11.6. The van der Waals surface area contributed by atoms with Crippen LogP contribution < -0.4 is 10.1 Å². The van der Waals surface area contributed by atoms with E-state index in [0.717, 1.165) is 54.8 Å². The highest BCUT2D eigenvalue weighted by molar-refractivity contribution is 6.32. The van der Waals surface area contributed by atoms with Gasteiger partial charge in [-0.3, -0.25) is 9.78 Å². The zero-order valence-corrected chi connectivity index (χ0v) is 19.2. The molecule has 0 saturated heterocycles. The Morgan fingerprint density at radius 2 is 1.79 bits per heavy atom. The van der Waals surface area contributed by atoms with E-state index in [0.29, 0.717) is 23.9 Å². The lowest BCUT2D eigenvalue weighted by Crippen LogP contribution is -2.25. The number of hydrogen-bond acceptors (Lipinski definition) is 4. The Labute approximate surface area is 198 Å². The molecule has 33 heavy (non-hydrogen) atoms. The molecule has 6 nitrogen and oxygen atoms in total. The van der Waals surface area contributed by atoms with Crippen molar-refractivity contribution in [3.8, 4) is 5.75 Å². The molecule has 1 amide bonds. The number of hydrogen-bond donors (Lipinski definition) is 1. The third-order valence-electron chi connectivity index (χ3n) is 5.36. The highest BCUT2D eigenvalue weighted by atomic mass is 35.5. The molecular formula is C26H27ClN4O2. The lowest BCUT2D eigenvalue weighted by molar-refractivity contribution is 0.0948. The number of aromatic nitrogens is 3. The van der Waals surface area contributed by atoms with Gasteiger partial charge in [-0.1, -0.05) is 41.9 Å². The molecule has 0 saturated carbocycles. The van der Waals surface area contributed by atoms with Crippen LogP contribution in [0.5, 0.6) is 5.75 Å². The molecule has 2 aromatic carbocycles. The topological polar surface area (TPSA) is 69.0 Å². The van der Waals surface area contributed by atoms with Crippen LogP contribution in [0.2, 0.25) is 5.02 Å². The van der Waals surface area contributed by atoms with Gasteiger partial charge in [-0.25, -0.2) is 4.98 Å². The van der Waals surface area contributed by atoms with E-state index in [1.807, 2.05) is 48.5 Å². The third-order valence-corrected chi connectivity index (χ3v) is 5.68. The van der Waals surface area contributed by atoms with Gasteiger partial charge in [-0.15, -0.1) is 0 Å². The lowest BCUT2D eigenvalue weighted by atomic mass is 10.2. The number of halogens is 1. The average Bonchev–Trinajstić information content (AvgIpc) is 3.20. The number of amides is 1. The van der Waals surface area contributed by atoms with Crippen molar-refractivity contribution >= 4 is 28.5 Å². The van der Waals surface area contributed by atoms with E-state index in [9.17, 15) is 4.79 Å². The number of benzene rings is 2. The molecule has 4 aromatic rings. The van der Waals surface area contributed by atoms with Gasteiger partial charge in [0.25, 0.3) is 5.91 Å². The Morgan fingerprint density at radius 1 is 0.970 bits per heavy atom. The van der Waals surface area contributed by atoms with Crippen molar-refractivity contribution < 1.29 is 9.53 Å². The summed E-state index contributed by atoms with van der Waals surface area (Å²) in [5.41, 5.74) is 2.57. The van der Waals surface area contributed by atoms with Gasteiger partial charge in [-0.05, 0) is 55.7 Å². The standard InChI is InChI=1S/C26H27ClN4O2/c27-20-10-1-4-14-24(20)33-19-8-7-18-31-23-13-3-2-11-21(23)30-25(31)15-9-17-29-26(32)22-12-5-6-16-28-22/h1-6,10-14,16H,7-9,15,17-19H2,(H,29,32). The summed E-state index contributed by atoms with van der Waals surface area (Å²) < 4.78 is 8.09. The zero-order chi connectivity index (χ0) is 22.9. The largest absolute Gasteiger partial charge is 0.492 e. The Morgan fingerprint density at radius 3 is 2.64 bits per heavy atom. The first-order chi connectivity index (χ1) is 16.2. The Bertz CT molecular complexity index is 1190. The molecular weight excluding hydrogens is 436 g/mol. The molecule has 2 aromatic heterocycles. The second kappa shape index (κ2) is 11.5. The van der Waals surface area contributed by atoms with Gasteiger partial charge >= 0.3 is 0 Å². The number of unbranched alkanes of at least 4 members (excludes halogenated alkanes) is 1. The minimum Gasteiger partial charge on any atom is -0.492 e. The summed E-state index contributed by atoms with van der Waals surface area (Å²) in [6, 6.07) is 21.0. The normalized spacial score (nSPS) is 10.9. The minimum atomic E-state index is -0.150. The molecule has 0 aliphatic rings. The molecule has 2 heterocycles. The number of imidazole rings is 1. The van der Waals surface area contributed by atoms with Crippen molar-refractivity contribution in [2.24, 2.45) is 0 Å². The van der Waals surface area contributed by atoms with Crippen LogP contribution in [0.3, 0.4) is 0 Å². The van der Waals surface area contributed by atoms with E-state index in [-0.39, 0.29) is 5.91 Å². The van der Waals surface area contributed by atoms with E-state index >= 15 is 0 Å². The molecule has 0 fully saturated rings. The number of aryl methyl sites for hydroxylation is 2. The van der Waals surface area contributed by atoms with E-state index in [1.54, 1.807) is 18.3 Å². The number of carbonyl (C=O) groups excluding carboxylic acids is 1. The number of pyridine rings is 1. The summed E-state index contributed by atoms with van der Waals surface area (Å²) in [5.74, 6) is 1.61. The molecule has 0 aliphatic heterocycles. The summed E-state index contributed by atoms with van der Waals surface area (Å²) in [6.07, 6.45) is 5.09. The van der Waals surface area contributed by atoms with Crippen molar-refractivity contribution in [2.75, 3.05) is 13.2 Å². The number of nitrogens with one attached hydrogen (secondary N) is 1. The molecule has 7 heteroatoms. The average molecular weight is 463 g/mol. The Balaban J connectivity index is 1.30. The molecule has 4 rings (SSSR count). The van der Waals surface area contributed by atoms with E-state index in [1.165, 1.54) is 0 Å². The SMILES string of the molecule is O=C(NCCCc1nc2ccccc2n1CCCCOc1ccccc1Cl)c1ccccn1. The quantitative estimate of drug-likeness (QED) is 0.307. The Kier molecular flexibility index (Phi) is 7.93. The summed E-state index contributed by atoms with van der Waals surface area (Å²) in [4.78, 5) is 21.1. The molecule has 0 aliphatic carbocycles. The molecule has 0 atom stereocenters. The van der Waals surface area contributed by atoms with Gasteiger partial charge in [-0.2, -0.15) is 0 Å². The Hall–Kier alpha value is -3.38. The molecule has 0 bridgehead atoms. The molecule has 1 N–H and O–H groups in total. The first kappa shape index (κ1) is 22.8. The fourth-order valence-corrected chi connectivity index (χ4v) is 3.91. The predicted octanol–water partition coefficient (Wildman–Crippen LogP) is 5.31. The second-order valence-corrected chi connectivity index (χ2v) is 8.14. The van der Waals surface area contributed by atoms with Crippen molar-refractivity contribution in [1.29, 1.82) is 0 Å². The molecule has 0 unspecified atom stereocenters. The predicted molar refractivity (Wildman–Crippen MR) is 131 cm³/mol. The number of ether oxygens (including phenoxy) is 1. The lowest BCUT2D eigenvalue weighted by Gasteiger charge is -2.11. The molecule has 0 radical (unpaired) electrons. The van der Waals surface area contributed by atoms with Gasteiger partial charge in [0.1, 0.15) is 17.3 Å². The maximum Gasteiger partial charge on any atom is 0.269 e. The number of rotatable bonds is 11. The van der Waals surface area contributed by atoms with Crippen LogP contribution >= 0.6 is 11.6 Å². The van der Waals surface area contributed by atoms with Crippen molar-refractivity contribution in [1.82, 2.24) is 19.9 Å². The van der Waals surface area contributed by atoms with Crippen LogP contribution in [0.25, 0.3) is 11.0 Å². The van der Waals surface area contributed by atoms with Crippen LogP contribution in [0.15, 0.2) is 72.9 Å². The number of para-hydroxylation sites is 3. The second-order valence-electron chi connectivity index (χ2n) is 7.73. The highest BCUT2D eigenvalue weighted by Crippen LogP contribution is 2.23. The first-order valence-electron chi connectivity index (χ1n) is 11.2. The fraction of sp³-hybridized carbons (Fsp3) is 0.269. The van der Waals surface area contributed by atoms with Crippen LogP contribution in [-0.4, -0.2) is 33.6 Å². The van der Waals surface area contributed by atoms with Gasteiger partial charge < -0.3 is 14.6 Å². The van der Waals surface area contributed by atoms with Crippen molar-refractivity contribution in [3.05, 3.63) is 89.5 Å². The monoisotopic (exact) mass is 462 g/mol. The number of carbonyl (C=O) groups is 1. The maximum absolute atomic E-state index is 12.2. The van der Waals surface area contributed by atoms with Crippen LogP contribution in [0, 0.1) is 0 Å². The summed E-state index contributed by atoms with van der Waals surface area (Å²) >= 11 is 6.15. The van der Waals surface area contributed by atoms with Gasteiger partial charge in [0.05, 0.1) is 22.7 Å². The summed E-state index contributed by atoms with van der Waals surface area (Å²) in [5, 5.41) is 3.57. The molecule has 170 valence electrons. The number of fused-ring (bicyclic) bond motifs is 1. The van der Waals surface area contributed by atoms with E-state index in [4.69, 9.17) is 21.3 Å². The summed E-state index contributed by atoms with van der Waals surface area (Å²) in [7, 11) is 0. The zero-order valence-electron chi connectivity index (χ0n) is 18.4. The van der Waals surface area contributed by atoms with Crippen molar-refractivity contribution in [2.45, 2.75) is 32.2 Å². The van der Waals surface area contributed by atoms with Gasteiger partial charge in [0.15, 0.2) is 0 Å². The summed E-state index contributed by atoms with van der Waals surface area (Å²) in [6.45, 7) is 2.05. The molecule has 0 spiro atoms. The smallest absolute Gasteiger partial charge is 0.269 e.